The van der Waals surface area contributed by atoms with Crippen LogP contribution in [0.2, 0.25) is 0 Å². The van der Waals surface area contributed by atoms with Crippen molar-refractivity contribution in [2.24, 2.45) is 0 Å². The Kier molecular flexibility index (Phi) is 6.70. The number of nitrogens with one attached hydrogen (secondary N) is 1. The highest BCUT2D eigenvalue weighted by atomic mass is 32.2. The lowest BCUT2D eigenvalue weighted by molar-refractivity contribution is -0.138. The smallest absolute Gasteiger partial charge is 0.409 e. The van der Waals surface area contributed by atoms with Crippen molar-refractivity contribution >= 4 is 28.0 Å². The molecule has 3 aromatic rings. The van der Waals surface area contributed by atoms with Gasteiger partial charge >= 0.3 is 16.3 Å². The Balaban J connectivity index is 1.92. The highest BCUT2D eigenvalue weighted by Crippen LogP contribution is 2.30. The molecule has 0 saturated heterocycles. The summed E-state index contributed by atoms with van der Waals surface area (Å²) in [4.78, 5) is 36.5. The number of carboxylic acid groups (broad SMARTS) is 1. The molecule has 1 atom stereocenters. The van der Waals surface area contributed by atoms with Crippen LogP contribution in [-0.4, -0.2) is 31.2 Å². The number of ketones is 1. The lowest BCUT2D eigenvalue weighted by Crippen LogP contribution is -2.34. The first-order valence-electron chi connectivity index (χ1n) is 9.46. The molecule has 0 aliphatic heterocycles. The van der Waals surface area contributed by atoms with Gasteiger partial charge in [0.1, 0.15) is 5.75 Å². The number of carboxylic acids is 1. The fourth-order valence-electron chi connectivity index (χ4n) is 2.89. The summed E-state index contributed by atoms with van der Waals surface area (Å²) in [7, 11) is -4.63. The largest absolute Gasteiger partial charge is 0.481 e. The van der Waals surface area contributed by atoms with E-state index in [1.54, 1.807) is 53.3 Å². The molecule has 9 heteroatoms. The number of carbonyl (C=O) groups is 3. The summed E-state index contributed by atoms with van der Waals surface area (Å²) in [5.74, 6) is -4.01. The standard InChI is InChI=1S/C23H19NO7S/c1-15(23(27)28)19-14-18(21(25)16-8-4-2-5-9-16)12-13-20(19)31-32(29,30)24-22(26)17-10-6-3-7-11-17/h2-15H,1H3,(H,24,26)(H,27,28)/t15-/m0/s1. The molecule has 0 aromatic heterocycles. The first-order chi connectivity index (χ1) is 15.2. The van der Waals surface area contributed by atoms with Crippen molar-refractivity contribution in [2.75, 3.05) is 0 Å². The van der Waals surface area contributed by atoms with Gasteiger partial charge < -0.3 is 9.29 Å². The lowest BCUT2D eigenvalue weighted by atomic mass is 9.95. The van der Waals surface area contributed by atoms with E-state index in [1.165, 1.54) is 37.3 Å². The van der Waals surface area contributed by atoms with Crippen LogP contribution in [0.3, 0.4) is 0 Å². The van der Waals surface area contributed by atoms with Gasteiger partial charge in [-0.25, -0.2) is 4.72 Å². The molecule has 0 radical (unpaired) electrons. The molecule has 0 bridgehead atoms. The molecule has 0 aliphatic rings. The van der Waals surface area contributed by atoms with Gasteiger partial charge in [-0.2, -0.15) is 8.42 Å². The Morgan fingerprint density at radius 2 is 1.41 bits per heavy atom. The van der Waals surface area contributed by atoms with Gasteiger partial charge in [0.05, 0.1) is 5.92 Å². The molecule has 8 nitrogen and oxygen atoms in total. The van der Waals surface area contributed by atoms with E-state index in [-0.39, 0.29) is 28.2 Å². The molecule has 1 amide bonds. The van der Waals surface area contributed by atoms with Crippen molar-refractivity contribution in [1.29, 1.82) is 0 Å². The SMILES string of the molecule is C[C@H](C(=O)O)c1cc(C(=O)c2ccccc2)ccc1OS(=O)(=O)NC(=O)c1ccccc1. The Hall–Kier alpha value is -3.98. The number of benzene rings is 3. The van der Waals surface area contributed by atoms with E-state index < -0.39 is 28.1 Å². The molecular formula is C23H19NO7S. The number of carbonyl (C=O) groups excluding carboxylic acids is 2. The van der Waals surface area contributed by atoms with Gasteiger partial charge in [0.15, 0.2) is 5.78 Å². The topological polar surface area (TPSA) is 127 Å². The zero-order chi connectivity index (χ0) is 23.3. The summed E-state index contributed by atoms with van der Waals surface area (Å²) in [6, 6.07) is 19.8. The number of aliphatic carboxylic acids is 1. The summed E-state index contributed by atoms with van der Waals surface area (Å²) in [6.45, 7) is 1.33. The minimum Gasteiger partial charge on any atom is -0.481 e. The van der Waals surface area contributed by atoms with Crippen LogP contribution in [0.25, 0.3) is 0 Å². The first kappa shape index (κ1) is 22.7. The van der Waals surface area contributed by atoms with Crippen LogP contribution in [0, 0.1) is 0 Å². The van der Waals surface area contributed by atoms with Crippen molar-refractivity contribution in [3.63, 3.8) is 0 Å². The summed E-state index contributed by atoms with van der Waals surface area (Å²) < 4.78 is 31.6. The molecule has 0 spiro atoms. The highest BCUT2D eigenvalue weighted by Gasteiger charge is 2.25. The zero-order valence-electron chi connectivity index (χ0n) is 16.9. The second kappa shape index (κ2) is 9.44. The Bertz CT molecular complexity index is 1260. The zero-order valence-corrected chi connectivity index (χ0v) is 17.7. The van der Waals surface area contributed by atoms with Gasteiger partial charge in [0.25, 0.3) is 5.91 Å². The summed E-state index contributed by atoms with van der Waals surface area (Å²) >= 11 is 0. The van der Waals surface area contributed by atoms with Gasteiger partial charge in [0, 0.05) is 22.3 Å². The Morgan fingerprint density at radius 1 is 0.844 bits per heavy atom. The maximum Gasteiger partial charge on any atom is 0.409 e. The number of rotatable bonds is 8. The normalized spacial score (nSPS) is 11.9. The van der Waals surface area contributed by atoms with E-state index >= 15 is 0 Å². The molecule has 3 aromatic carbocycles. The van der Waals surface area contributed by atoms with Crippen molar-refractivity contribution in [3.05, 3.63) is 101 Å². The van der Waals surface area contributed by atoms with Crippen molar-refractivity contribution in [2.45, 2.75) is 12.8 Å². The van der Waals surface area contributed by atoms with Crippen molar-refractivity contribution < 1.29 is 32.1 Å². The van der Waals surface area contributed by atoms with Crippen LogP contribution in [0.1, 0.15) is 44.7 Å². The Morgan fingerprint density at radius 3 is 1.97 bits per heavy atom. The second-order valence-corrected chi connectivity index (χ2v) is 8.12. The van der Waals surface area contributed by atoms with E-state index in [1.807, 2.05) is 0 Å². The molecular weight excluding hydrogens is 434 g/mol. The predicted molar refractivity (Wildman–Crippen MR) is 116 cm³/mol. The predicted octanol–water partition coefficient (Wildman–Crippen LogP) is 3.16. The van der Waals surface area contributed by atoms with Crippen LogP contribution >= 0.6 is 0 Å². The van der Waals surface area contributed by atoms with Crippen LogP contribution in [0.15, 0.2) is 78.9 Å². The van der Waals surface area contributed by atoms with E-state index in [2.05, 4.69) is 0 Å². The molecule has 3 rings (SSSR count). The van der Waals surface area contributed by atoms with E-state index in [0.717, 1.165) is 0 Å². The van der Waals surface area contributed by atoms with Crippen LogP contribution in [-0.2, 0) is 15.1 Å². The van der Waals surface area contributed by atoms with Crippen molar-refractivity contribution in [3.8, 4) is 5.75 Å². The third-order valence-electron chi connectivity index (χ3n) is 4.60. The fourth-order valence-corrected chi connectivity index (χ4v) is 3.67. The third kappa shape index (κ3) is 5.38. The molecule has 0 aliphatic carbocycles. The molecule has 0 heterocycles. The second-order valence-electron chi connectivity index (χ2n) is 6.84. The number of hydrogen-bond acceptors (Lipinski definition) is 6. The van der Waals surface area contributed by atoms with E-state index in [0.29, 0.717) is 5.56 Å². The van der Waals surface area contributed by atoms with Crippen LogP contribution in [0.4, 0.5) is 0 Å². The van der Waals surface area contributed by atoms with Gasteiger partial charge in [-0.1, -0.05) is 48.5 Å². The summed E-state index contributed by atoms with van der Waals surface area (Å²) in [6.07, 6.45) is 0. The highest BCUT2D eigenvalue weighted by molar-refractivity contribution is 7.85. The molecule has 32 heavy (non-hydrogen) atoms. The van der Waals surface area contributed by atoms with Crippen LogP contribution < -0.4 is 8.91 Å². The molecule has 2 N–H and O–H groups in total. The van der Waals surface area contributed by atoms with E-state index in [9.17, 15) is 27.9 Å². The van der Waals surface area contributed by atoms with Crippen LogP contribution in [0.5, 0.6) is 5.75 Å². The van der Waals surface area contributed by atoms with Crippen molar-refractivity contribution in [1.82, 2.24) is 4.72 Å². The van der Waals surface area contributed by atoms with Gasteiger partial charge in [-0.15, -0.1) is 0 Å². The minimum absolute atomic E-state index is 0.0307. The average Bonchev–Trinajstić information content (AvgIpc) is 2.79. The molecule has 0 fully saturated rings. The monoisotopic (exact) mass is 453 g/mol. The maximum atomic E-state index is 12.7. The van der Waals surface area contributed by atoms with Gasteiger partial charge in [-0.05, 0) is 37.3 Å². The summed E-state index contributed by atoms with van der Waals surface area (Å²) in [5, 5.41) is 9.44. The first-order valence-corrected chi connectivity index (χ1v) is 10.9. The Labute approximate surface area is 184 Å². The average molecular weight is 453 g/mol. The number of amides is 1. The maximum absolute atomic E-state index is 12.7. The summed E-state index contributed by atoms with van der Waals surface area (Å²) in [5.41, 5.74) is 0.620. The fraction of sp³-hybridized carbons (Fsp3) is 0.0870. The molecule has 0 saturated carbocycles. The third-order valence-corrected chi connectivity index (χ3v) is 5.43. The van der Waals surface area contributed by atoms with Gasteiger partial charge in [0.2, 0.25) is 0 Å². The lowest BCUT2D eigenvalue weighted by Gasteiger charge is -2.15. The number of hydrogen-bond donors (Lipinski definition) is 2. The van der Waals surface area contributed by atoms with Gasteiger partial charge in [-0.3, -0.25) is 14.4 Å². The van der Waals surface area contributed by atoms with E-state index in [4.69, 9.17) is 4.18 Å². The molecule has 164 valence electrons. The molecule has 0 unspecified atom stereocenters. The minimum atomic E-state index is -4.63. The quantitative estimate of drug-likeness (QED) is 0.502.